The van der Waals surface area contributed by atoms with Crippen molar-refractivity contribution >= 4 is 35.2 Å². The van der Waals surface area contributed by atoms with Crippen LogP contribution >= 0.6 is 23.2 Å². The largest absolute Gasteiger partial charge is 0.481 e. The lowest BCUT2D eigenvalue weighted by atomic mass is 10.2. The Morgan fingerprint density at radius 2 is 1.85 bits per heavy atom. The molecule has 0 saturated carbocycles. The van der Waals surface area contributed by atoms with Crippen molar-refractivity contribution in [1.82, 2.24) is 10.2 Å². The number of nitrogens with zero attached hydrogens (tertiary/aromatic N) is 1. The zero-order valence-corrected chi connectivity index (χ0v) is 12.5. The second-order valence-corrected chi connectivity index (χ2v) is 5.24. The molecule has 0 heterocycles. The van der Waals surface area contributed by atoms with Gasteiger partial charge < -0.3 is 15.3 Å². The number of rotatable bonds is 6. The van der Waals surface area contributed by atoms with Crippen LogP contribution in [0.1, 0.15) is 18.4 Å². The highest BCUT2D eigenvalue weighted by Gasteiger charge is 2.09. The van der Waals surface area contributed by atoms with Crippen LogP contribution in [0.4, 0.5) is 4.79 Å². The monoisotopic (exact) mass is 318 g/mol. The number of urea groups is 1. The van der Waals surface area contributed by atoms with Gasteiger partial charge in [0.1, 0.15) is 0 Å². The first-order chi connectivity index (χ1) is 9.38. The quantitative estimate of drug-likeness (QED) is 0.792. The Balaban J connectivity index is 2.43. The van der Waals surface area contributed by atoms with Crippen molar-refractivity contribution in [2.75, 3.05) is 13.6 Å². The third kappa shape index (κ3) is 6.12. The van der Waals surface area contributed by atoms with Gasteiger partial charge in [0.2, 0.25) is 0 Å². The maximum Gasteiger partial charge on any atom is 0.317 e. The summed E-state index contributed by atoms with van der Waals surface area (Å²) in [6.07, 6.45) is 0.436. The Bertz CT molecular complexity index is 474. The van der Waals surface area contributed by atoms with Crippen LogP contribution < -0.4 is 5.32 Å². The number of hydrogen-bond acceptors (Lipinski definition) is 2. The molecule has 20 heavy (non-hydrogen) atoms. The lowest BCUT2D eigenvalue weighted by Crippen LogP contribution is -2.37. The van der Waals surface area contributed by atoms with E-state index in [-0.39, 0.29) is 12.5 Å². The third-order valence-corrected chi connectivity index (χ3v) is 2.97. The van der Waals surface area contributed by atoms with Crippen molar-refractivity contribution in [2.24, 2.45) is 0 Å². The highest BCUT2D eigenvalue weighted by atomic mass is 35.5. The molecule has 2 amide bonds. The van der Waals surface area contributed by atoms with E-state index in [0.717, 1.165) is 5.56 Å². The maximum atomic E-state index is 11.8. The van der Waals surface area contributed by atoms with Crippen LogP contribution in [0.3, 0.4) is 0 Å². The first kappa shape index (κ1) is 16.6. The molecule has 5 nitrogen and oxygen atoms in total. The van der Waals surface area contributed by atoms with E-state index < -0.39 is 5.97 Å². The summed E-state index contributed by atoms with van der Waals surface area (Å²) < 4.78 is 0. The molecule has 7 heteroatoms. The normalized spacial score (nSPS) is 10.2. The van der Waals surface area contributed by atoms with Gasteiger partial charge in [-0.3, -0.25) is 4.79 Å². The van der Waals surface area contributed by atoms with E-state index in [9.17, 15) is 9.59 Å². The number of carbonyl (C=O) groups excluding carboxylic acids is 1. The number of aliphatic carboxylic acids is 1. The van der Waals surface area contributed by atoms with Crippen LogP contribution in [0.5, 0.6) is 0 Å². The van der Waals surface area contributed by atoms with Gasteiger partial charge in [-0.2, -0.15) is 0 Å². The molecule has 0 aromatic heterocycles. The molecule has 0 atom stereocenters. The zero-order chi connectivity index (χ0) is 15.1. The predicted molar refractivity (Wildman–Crippen MR) is 78.2 cm³/mol. The minimum Gasteiger partial charge on any atom is -0.481 e. The first-order valence-corrected chi connectivity index (χ1v) is 6.80. The van der Waals surface area contributed by atoms with E-state index in [4.69, 9.17) is 28.3 Å². The van der Waals surface area contributed by atoms with Crippen molar-refractivity contribution in [3.05, 3.63) is 33.8 Å². The van der Waals surface area contributed by atoms with E-state index in [1.54, 1.807) is 25.2 Å². The predicted octanol–water partition coefficient (Wildman–Crippen LogP) is 3.00. The van der Waals surface area contributed by atoms with E-state index in [0.29, 0.717) is 29.6 Å². The average Bonchev–Trinajstić information content (AvgIpc) is 2.32. The Morgan fingerprint density at radius 1 is 1.25 bits per heavy atom. The Hall–Kier alpha value is -1.46. The van der Waals surface area contributed by atoms with Gasteiger partial charge in [-0.25, -0.2) is 4.79 Å². The summed E-state index contributed by atoms with van der Waals surface area (Å²) in [6, 6.07) is 4.83. The fraction of sp³-hybridized carbons (Fsp3) is 0.385. The van der Waals surface area contributed by atoms with Crippen LogP contribution in [-0.4, -0.2) is 35.6 Å². The molecule has 0 saturated heterocycles. The van der Waals surface area contributed by atoms with Crippen LogP contribution in [0.2, 0.25) is 10.0 Å². The van der Waals surface area contributed by atoms with Crippen LogP contribution in [0.25, 0.3) is 0 Å². The molecule has 0 aliphatic heterocycles. The van der Waals surface area contributed by atoms with Crippen molar-refractivity contribution in [3.8, 4) is 0 Å². The highest BCUT2D eigenvalue weighted by molar-refractivity contribution is 6.34. The number of halogens is 2. The summed E-state index contributed by atoms with van der Waals surface area (Å²) in [5.74, 6) is -0.874. The van der Waals surface area contributed by atoms with Gasteiger partial charge in [0, 0.05) is 36.6 Å². The van der Waals surface area contributed by atoms with Gasteiger partial charge >= 0.3 is 12.0 Å². The summed E-state index contributed by atoms with van der Waals surface area (Å²) in [4.78, 5) is 23.6. The smallest absolute Gasteiger partial charge is 0.317 e. The lowest BCUT2D eigenvalue weighted by Gasteiger charge is -2.18. The topological polar surface area (TPSA) is 69.6 Å². The van der Waals surface area contributed by atoms with Gasteiger partial charge in [-0.05, 0) is 30.2 Å². The molecular weight excluding hydrogens is 303 g/mol. The highest BCUT2D eigenvalue weighted by Crippen LogP contribution is 2.19. The molecular formula is C13H16Cl2N2O3. The molecule has 0 aliphatic rings. The average molecular weight is 319 g/mol. The molecule has 110 valence electrons. The Labute approximate surface area is 127 Å². The summed E-state index contributed by atoms with van der Waals surface area (Å²) in [5.41, 5.74) is 0.825. The fourth-order valence-corrected chi connectivity index (χ4v) is 2.19. The number of carbonyl (C=O) groups is 2. The van der Waals surface area contributed by atoms with Crippen molar-refractivity contribution < 1.29 is 14.7 Å². The number of carboxylic acid groups (broad SMARTS) is 1. The fourth-order valence-electron chi connectivity index (χ4n) is 1.62. The minimum absolute atomic E-state index is 0.0356. The summed E-state index contributed by atoms with van der Waals surface area (Å²) >= 11 is 11.8. The second kappa shape index (κ2) is 7.97. The standard InChI is InChI=1S/C13H16Cl2N2O3/c1-17(13(20)16-4-2-3-12(18)19)8-9-5-10(14)7-11(15)6-9/h5-7H,2-4,8H2,1H3,(H,16,20)(H,18,19). The molecule has 0 aliphatic carbocycles. The molecule has 0 unspecified atom stereocenters. The number of carboxylic acids is 1. The third-order valence-electron chi connectivity index (χ3n) is 2.53. The summed E-state index contributed by atoms with van der Waals surface area (Å²) in [5, 5.41) is 12.2. The van der Waals surface area contributed by atoms with E-state index in [1.807, 2.05) is 0 Å². The molecule has 0 spiro atoms. The summed E-state index contributed by atoms with van der Waals surface area (Å²) in [6.45, 7) is 0.691. The summed E-state index contributed by atoms with van der Waals surface area (Å²) in [7, 11) is 1.64. The first-order valence-electron chi connectivity index (χ1n) is 6.04. The van der Waals surface area contributed by atoms with Gasteiger partial charge in [0.05, 0.1) is 0 Å². The molecule has 1 aromatic rings. The van der Waals surface area contributed by atoms with E-state index >= 15 is 0 Å². The Morgan fingerprint density at radius 3 is 2.40 bits per heavy atom. The van der Waals surface area contributed by atoms with Crippen molar-refractivity contribution in [2.45, 2.75) is 19.4 Å². The van der Waals surface area contributed by atoms with Gasteiger partial charge in [-0.1, -0.05) is 23.2 Å². The second-order valence-electron chi connectivity index (χ2n) is 4.36. The zero-order valence-electron chi connectivity index (χ0n) is 11.0. The maximum absolute atomic E-state index is 11.8. The van der Waals surface area contributed by atoms with Gasteiger partial charge in [-0.15, -0.1) is 0 Å². The molecule has 0 fully saturated rings. The van der Waals surface area contributed by atoms with Gasteiger partial charge in [0.15, 0.2) is 0 Å². The molecule has 1 aromatic carbocycles. The minimum atomic E-state index is -0.874. The van der Waals surface area contributed by atoms with Crippen LogP contribution in [0.15, 0.2) is 18.2 Å². The Kier molecular flexibility index (Phi) is 6.61. The molecule has 1 rings (SSSR count). The molecule has 0 radical (unpaired) electrons. The van der Waals surface area contributed by atoms with Crippen molar-refractivity contribution in [3.63, 3.8) is 0 Å². The molecule has 2 N–H and O–H groups in total. The van der Waals surface area contributed by atoms with E-state index in [2.05, 4.69) is 5.32 Å². The number of benzene rings is 1. The van der Waals surface area contributed by atoms with Crippen LogP contribution in [0, 0.1) is 0 Å². The number of hydrogen-bond donors (Lipinski definition) is 2. The number of nitrogens with one attached hydrogen (secondary N) is 1. The number of amides is 2. The van der Waals surface area contributed by atoms with E-state index in [1.165, 1.54) is 4.90 Å². The SMILES string of the molecule is CN(Cc1cc(Cl)cc(Cl)c1)C(=O)NCCCC(=O)O. The van der Waals surface area contributed by atoms with Crippen molar-refractivity contribution in [1.29, 1.82) is 0 Å². The molecule has 0 bridgehead atoms. The lowest BCUT2D eigenvalue weighted by molar-refractivity contribution is -0.137. The van der Waals surface area contributed by atoms with Crippen LogP contribution in [-0.2, 0) is 11.3 Å². The van der Waals surface area contributed by atoms with Gasteiger partial charge in [0.25, 0.3) is 0 Å².